The minimum atomic E-state index is -1.60. The van der Waals surface area contributed by atoms with Crippen LogP contribution in [0.15, 0.2) is 12.2 Å². The molecule has 10 nitrogen and oxygen atoms in total. The van der Waals surface area contributed by atoms with E-state index in [-0.39, 0.29) is 6.61 Å². The maximum absolute atomic E-state index is 13.1. The first-order valence-electron chi connectivity index (χ1n) is 25.0. The topological polar surface area (TPSA) is 169 Å². The highest BCUT2D eigenvalue weighted by Crippen LogP contribution is 2.23. The van der Waals surface area contributed by atoms with Gasteiger partial charge >= 0.3 is 0 Å². The van der Waals surface area contributed by atoms with Gasteiger partial charge in [0.15, 0.2) is 6.29 Å². The maximum atomic E-state index is 13.1. The summed E-state index contributed by atoms with van der Waals surface area (Å²) in [6.07, 6.45) is 35.5. The summed E-state index contributed by atoms with van der Waals surface area (Å²) in [6, 6.07) is -0.893. The highest BCUT2D eigenvalue weighted by Gasteiger charge is 2.44. The lowest BCUT2D eigenvalue weighted by molar-refractivity contribution is -0.302. The van der Waals surface area contributed by atoms with E-state index in [0.717, 1.165) is 57.8 Å². The van der Waals surface area contributed by atoms with Crippen LogP contribution in [0.5, 0.6) is 0 Å². The summed E-state index contributed by atoms with van der Waals surface area (Å²) >= 11 is 0. The Balaban J connectivity index is 2.31. The summed E-state index contributed by atoms with van der Waals surface area (Å²) in [5.74, 6) is -0.586. The first-order valence-corrected chi connectivity index (χ1v) is 25.0. The second-order valence-corrected chi connectivity index (χ2v) is 17.8. The van der Waals surface area contributed by atoms with Gasteiger partial charge < -0.3 is 45.4 Å². The summed E-state index contributed by atoms with van der Waals surface area (Å²) in [5.41, 5.74) is 0. The molecule has 10 heteroatoms. The number of carbonyl (C=O) groups excluding carboxylic acids is 1. The fourth-order valence-corrected chi connectivity index (χ4v) is 8.10. The predicted molar refractivity (Wildman–Crippen MR) is 241 cm³/mol. The lowest BCUT2D eigenvalue weighted by Crippen LogP contribution is -2.60. The van der Waals surface area contributed by atoms with Gasteiger partial charge in [0.1, 0.15) is 30.5 Å². The lowest BCUT2D eigenvalue weighted by atomic mass is 9.99. The predicted octanol–water partition coefficient (Wildman–Crippen LogP) is 9.87. The second-order valence-electron chi connectivity index (χ2n) is 17.8. The number of nitrogens with one attached hydrogen (secondary N) is 1. The van der Waals surface area contributed by atoms with Crippen molar-refractivity contribution in [3.63, 3.8) is 0 Å². The van der Waals surface area contributed by atoms with Crippen molar-refractivity contribution in [3.8, 4) is 0 Å². The minimum Gasteiger partial charge on any atom is -0.394 e. The van der Waals surface area contributed by atoms with Crippen molar-refractivity contribution in [2.45, 2.75) is 281 Å². The van der Waals surface area contributed by atoms with E-state index in [1.54, 1.807) is 0 Å². The number of amides is 1. The number of allylic oxidation sites excluding steroid dienone is 2. The summed E-state index contributed by atoms with van der Waals surface area (Å²) < 4.78 is 11.2. The zero-order valence-corrected chi connectivity index (χ0v) is 38.1. The van der Waals surface area contributed by atoms with Gasteiger partial charge in [-0.2, -0.15) is 0 Å². The van der Waals surface area contributed by atoms with E-state index in [0.29, 0.717) is 12.8 Å². The summed E-state index contributed by atoms with van der Waals surface area (Å²) in [4.78, 5) is 13.1. The van der Waals surface area contributed by atoms with Gasteiger partial charge in [-0.15, -0.1) is 0 Å². The van der Waals surface area contributed by atoms with Crippen molar-refractivity contribution in [1.82, 2.24) is 5.32 Å². The van der Waals surface area contributed by atoms with Crippen LogP contribution in [-0.4, -0.2) is 98.7 Å². The molecule has 0 radical (unpaired) electrons. The van der Waals surface area contributed by atoms with Crippen molar-refractivity contribution in [2.24, 2.45) is 0 Å². The van der Waals surface area contributed by atoms with Crippen molar-refractivity contribution in [1.29, 1.82) is 0 Å². The van der Waals surface area contributed by atoms with Gasteiger partial charge in [0.05, 0.1) is 25.4 Å². The van der Waals surface area contributed by atoms with E-state index in [2.05, 4.69) is 31.3 Å². The Hall–Kier alpha value is -1.11. The molecule has 1 fully saturated rings. The van der Waals surface area contributed by atoms with Gasteiger partial charge in [-0.1, -0.05) is 206 Å². The molecule has 7 N–H and O–H groups in total. The fraction of sp³-hybridized carbons (Fsp3) is 0.939. The van der Waals surface area contributed by atoms with Gasteiger partial charge in [-0.05, 0) is 38.5 Å². The van der Waals surface area contributed by atoms with E-state index >= 15 is 0 Å². The van der Waals surface area contributed by atoms with Crippen LogP contribution in [0.3, 0.4) is 0 Å². The normalized spacial score (nSPS) is 21.3. The molecule has 1 heterocycles. The van der Waals surface area contributed by atoms with E-state index < -0.39 is 61.5 Å². The Bertz CT molecular complexity index is 952. The summed E-state index contributed by atoms with van der Waals surface area (Å²) in [5, 5.41) is 64.9. The largest absolute Gasteiger partial charge is 0.394 e. The lowest BCUT2D eigenvalue weighted by Gasteiger charge is -2.40. The van der Waals surface area contributed by atoms with Crippen molar-refractivity contribution < 1.29 is 44.9 Å². The number of hydrogen-bond donors (Lipinski definition) is 7. The molecule has 0 aromatic rings. The SMILES string of the molecule is CCCCCCCCCCCCC/C=C\CCCCCCCCC(O)C(=O)NC(COC1OC(CO)C(O)C(O)C1O)C(O)CCCCCCCCCCCCCCC. The van der Waals surface area contributed by atoms with Crippen molar-refractivity contribution >= 4 is 5.91 Å². The molecular weight excluding hydrogens is 747 g/mol. The average Bonchev–Trinajstić information content (AvgIpc) is 3.23. The molecular formula is C49H95NO9. The number of carbonyl (C=O) groups is 1. The molecule has 350 valence electrons. The molecule has 1 rings (SSSR count). The number of unbranched alkanes of at least 4 members (excludes halogenated alkanes) is 29. The van der Waals surface area contributed by atoms with Gasteiger partial charge in [-0.3, -0.25) is 4.79 Å². The van der Waals surface area contributed by atoms with Gasteiger partial charge in [0, 0.05) is 0 Å². The first-order chi connectivity index (χ1) is 28.8. The Kier molecular flexibility index (Phi) is 37.6. The molecule has 1 amide bonds. The number of ether oxygens (including phenoxy) is 2. The van der Waals surface area contributed by atoms with Crippen LogP contribution in [0.4, 0.5) is 0 Å². The average molecular weight is 842 g/mol. The van der Waals surface area contributed by atoms with Crippen molar-refractivity contribution in [3.05, 3.63) is 12.2 Å². The molecule has 0 aromatic carbocycles. The quantitative estimate of drug-likeness (QED) is 0.0234. The highest BCUT2D eigenvalue weighted by atomic mass is 16.7. The molecule has 0 aliphatic carbocycles. The zero-order chi connectivity index (χ0) is 43.2. The van der Waals surface area contributed by atoms with E-state index in [9.17, 15) is 35.4 Å². The Labute approximate surface area is 361 Å². The van der Waals surface area contributed by atoms with Crippen LogP contribution in [0, 0.1) is 0 Å². The van der Waals surface area contributed by atoms with Crippen LogP contribution >= 0.6 is 0 Å². The van der Waals surface area contributed by atoms with E-state index in [1.165, 1.54) is 148 Å². The minimum absolute atomic E-state index is 0.255. The molecule has 1 aliphatic rings. The van der Waals surface area contributed by atoms with Crippen LogP contribution in [0.1, 0.15) is 232 Å². The molecule has 8 unspecified atom stereocenters. The Morgan fingerprint density at radius 1 is 0.559 bits per heavy atom. The molecule has 0 bridgehead atoms. The van der Waals surface area contributed by atoms with Crippen LogP contribution in [0.2, 0.25) is 0 Å². The fourth-order valence-electron chi connectivity index (χ4n) is 8.10. The highest BCUT2D eigenvalue weighted by molar-refractivity contribution is 5.80. The van der Waals surface area contributed by atoms with Crippen LogP contribution in [-0.2, 0) is 14.3 Å². The molecule has 0 aromatic heterocycles. The third kappa shape index (κ3) is 29.8. The molecule has 59 heavy (non-hydrogen) atoms. The molecule has 1 saturated heterocycles. The standard InChI is InChI=1S/C49H95NO9/c1-3-5-7-9-11-13-15-17-18-19-20-21-22-23-24-26-28-30-32-34-36-38-43(53)48(57)50-41(40-58-49-47(56)46(55)45(54)44(39-51)59-49)42(52)37-35-33-31-29-27-25-16-14-12-10-8-6-4-2/h22-23,41-47,49,51-56H,3-21,24-40H2,1-2H3,(H,50,57)/b23-22-. The third-order valence-electron chi connectivity index (χ3n) is 12.2. The van der Waals surface area contributed by atoms with Gasteiger partial charge in [0.2, 0.25) is 5.91 Å². The van der Waals surface area contributed by atoms with Crippen molar-refractivity contribution in [2.75, 3.05) is 13.2 Å². The zero-order valence-electron chi connectivity index (χ0n) is 38.1. The summed E-state index contributed by atoms with van der Waals surface area (Å²) in [7, 11) is 0. The van der Waals surface area contributed by atoms with Crippen LogP contribution < -0.4 is 5.32 Å². The number of rotatable bonds is 42. The molecule has 0 saturated carbocycles. The monoisotopic (exact) mass is 842 g/mol. The van der Waals surface area contributed by atoms with Crippen LogP contribution in [0.25, 0.3) is 0 Å². The van der Waals surface area contributed by atoms with Gasteiger partial charge in [0.25, 0.3) is 0 Å². The molecule has 0 spiro atoms. The second kappa shape index (κ2) is 39.7. The summed E-state index contributed by atoms with van der Waals surface area (Å²) in [6.45, 7) is 3.68. The number of aliphatic hydroxyl groups excluding tert-OH is 6. The molecule has 1 aliphatic heterocycles. The number of hydrogen-bond acceptors (Lipinski definition) is 9. The third-order valence-corrected chi connectivity index (χ3v) is 12.2. The van der Waals surface area contributed by atoms with E-state index in [1.807, 2.05) is 0 Å². The van der Waals surface area contributed by atoms with Gasteiger partial charge in [-0.25, -0.2) is 0 Å². The molecule has 8 atom stereocenters. The Morgan fingerprint density at radius 3 is 1.37 bits per heavy atom. The smallest absolute Gasteiger partial charge is 0.249 e. The van der Waals surface area contributed by atoms with E-state index in [4.69, 9.17) is 9.47 Å². The maximum Gasteiger partial charge on any atom is 0.249 e. The number of aliphatic hydroxyl groups is 6. The Morgan fingerprint density at radius 2 is 0.949 bits per heavy atom. The first kappa shape index (κ1) is 55.9.